The van der Waals surface area contributed by atoms with Gasteiger partial charge in [-0.15, -0.1) is 6.58 Å². The Morgan fingerprint density at radius 1 is 1.32 bits per heavy atom. The van der Waals surface area contributed by atoms with Gasteiger partial charge in [-0.25, -0.2) is 0 Å². The van der Waals surface area contributed by atoms with Crippen LogP contribution in [0, 0.1) is 0 Å². The highest BCUT2D eigenvalue weighted by Crippen LogP contribution is 2.19. The fourth-order valence-corrected chi connectivity index (χ4v) is 2.92. The van der Waals surface area contributed by atoms with Crippen LogP contribution in [-0.2, 0) is 6.54 Å². The molecule has 1 aliphatic rings. The normalized spacial score (nSPS) is 19.7. The molecule has 0 spiro atoms. The lowest BCUT2D eigenvalue weighted by atomic mass is 10.0. The molecule has 0 aliphatic carbocycles. The van der Waals surface area contributed by atoms with Gasteiger partial charge in [0.25, 0.3) is 0 Å². The monoisotopic (exact) mass is 300 g/mol. The minimum atomic E-state index is 0.566. The average Bonchev–Trinajstić information content (AvgIpc) is 2.57. The number of hydrogen-bond donors (Lipinski definition) is 2. The minimum absolute atomic E-state index is 0.566. The molecule has 1 unspecified atom stereocenters. The molecular weight excluding hydrogens is 272 g/mol. The van der Waals surface area contributed by atoms with Gasteiger partial charge in [0.15, 0.2) is 5.96 Å². The lowest BCUT2D eigenvalue weighted by Gasteiger charge is -2.36. The number of rotatable bonds is 6. The largest absolute Gasteiger partial charge is 0.355 e. The fourth-order valence-electron chi connectivity index (χ4n) is 2.92. The van der Waals surface area contributed by atoms with E-state index in [1.165, 1.54) is 31.4 Å². The second-order valence-corrected chi connectivity index (χ2v) is 5.73. The summed E-state index contributed by atoms with van der Waals surface area (Å²) in [4.78, 5) is 6.84. The Morgan fingerprint density at radius 3 is 2.86 bits per heavy atom. The van der Waals surface area contributed by atoms with Crippen LogP contribution in [0.4, 0.5) is 0 Å². The summed E-state index contributed by atoms with van der Waals surface area (Å²) in [6.45, 7) is 7.60. The predicted octanol–water partition coefficient (Wildman–Crippen LogP) is 2.39. The Kier molecular flexibility index (Phi) is 6.97. The van der Waals surface area contributed by atoms with E-state index in [1.54, 1.807) is 7.05 Å². The van der Waals surface area contributed by atoms with Crippen molar-refractivity contribution in [3.8, 4) is 0 Å². The number of likely N-dealkylation sites (tertiary alicyclic amines) is 1. The van der Waals surface area contributed by atoms with E-state index in [4.69, 9.17) is 0 Å². The maximum absolute atomic E-state index is 4.25. The van der Waals surface area contributed by atoms with E-state index in [2.05, 4.69) is 57.4 Å². The molecule has 1 saturated heterocycles. The van der Waals surface area contributed by atoms with Crippen LogP contribution < -0.4 is 10.6 Å². The Labute approximate surface area is 134 Å². The van der Waals surface area contributed by atoms with Crippen LogP contribution in [0.1, 0.15) is 24.8 Å². The van der Waals surface area contributed by atoms with Crippen LogP contribution in [-0.4, -0.2) is 43.6 Å². The van der Waals surface area contributed by atoms with Gasteiger partial charge in [-0.05, 0) is 24.9 Å². The van der Waals surface area contributed by atoms with Crippen LogP contribution in [0.5, 0.6) is 0 Å². The minimum Gasteiger partial charge on any atom is -0.355 e. The third kappa shape index (κ3) is 5.19. The van der Waals surface area contributed by atoms with Gasteiger partial charge in [0, 0.05) is 32.7 Å². The topological polar surface area (TPSA) is 39.7 Å². The lowest BCUT2D eigenvalue weighted by molar-refractivity contribution is 0.141. The van der Waals surface area contributed by atoms with Crippen molar-refractivity contribution in [2.75, 3.05) is 26.7 Å². The van der Waals surface area contributed by atoms with E-state index in [1.807, 2.05) is 6.08 Å². The first-order chi connectivity index (χ1) is 10.8. The second-order valence-electron chi connectivity index (χ2n) is 5.73. The zero-order valence-electron chi connectivity index (χ0n) is 13.6. The fraction of sp³-hybridized carbons (Fsp3) is 0.500. The molecular formula is C18H28N4. The molecule has 1 aliphatic heterocycles. The summed E-state index contributed by atoms with van der Waals surface area (Å²) in [5.74, 6) is 0.852. The molecule has 1 heterocycles. The van der Waals surface area contributed by atoms with Crippen LogP contribution >= 0.6 is 0 Å². The van der Waals surface area contributed by atoms with E-state index in [0.717, 1.165) is 25.6 Å². The highest BCUT2D eigenvalue weighted by Gasteiger charge is 2.22. The van der Waals surface area contributed by atoms with Crippen LogP contribution in [0.2, 0.25) is 0 Å². The van der Waals surface area contributed by atoms with E-state index in [0.29, 0.717) is 6.04 Å². The van der Waals surface area contributed by atoms with Crippen molar-refractivity contribution in [3.05, 3.63) is 48.6 Å². The smallest absolute Gasteiger partial charge is 0.191 e. The number of guanidine groups is 1. The van der Waals surface area contributed by atoms with Crippen molar-refractivity contribution in [2.45, 2.75) is 31.8 Å². The zero-order chi connectivity index (χ0) is 15.6. The van der Waals surface area contributed by atoms with Gasteiger partial charge in [0.2, 0.25) is 0 Å². The Balaban J connectivity index is 1.88. The molecule has 0 bridgehead atoms. The summed E-state index contributed by atoms with van der Waals surface area (Å²) in [6.07, 6.45) is 5.70. The van der Waals surface area contributed by atoms with Crippen LogP contribution in [0.3, 0.4) is 0 Å². The lowest BCUT2D eigenvalue weighted by Crippen LogP contribution is -2.48. The molecule has 0 amide bonds. The Hall–Kier alpha value is -1.81. The summed E-state index contributed by atoms with van der Waals surface area (Å²) in [5.41, 5.74) is 1.39. The number of hydrogen-bond acceptors (Lipinski definition) is 2. The molecule has 2 N–H and O–H groups in total. The molecule has 4 heteroatoms. The molecule has 0 radical (unpaired) electrons. The van der Waals surface area contributed by atoms with Gasteiger partial charge < -0.3 is 10.6 Å². The third-order valence-electron chi connectivity index (χ3n) is 4.12. The van der Waals surface area contributed by atoms with Crippen molar-refractivity contribution in [1.29, 1.82) is 0 Å². The standard InChI is InChI=1S/C18H28N4/c1-3-12-20-18(19-2)21-14-17-11-7-8-13-22(17)15-16-9-5-4-6-10-16/h3-6,9-10,17H,1,7-8,11-15H2,2H3,(H2,19,20,21). The van der Waals surface area contributed by atoms with Gasteiger partial charge in [-0.2, -0.15) is 0 Å². The molecule has 2 rings (SSSR count). The number of aliphatic imine (C=N–C) groups is 1. The number of nitrogens with zero attached hydrogens (tertiary/aromatic N) is 2. The van der Waals surface area contributed by atoms with E-state index >= 15 is 0 Å². The molecule has 1 atom stereocenters. The van der Waals surface area contributed by atoms with Gasteiger partial charge in [-0.3, -0.25) is 9.89 Å². The molecule has 120 valence electrons. The Bertz CT molecular complexity index is 469. The van der Waals surface area contributed by atoms with Crippen molar-refractivity contribution in [2.24, 2.45) is 4.99 Å². The summed E-state index contributed by atoms with van der Waals surface area (Å²) in [5, 5.41) is 6.66. The summed E-state index contributed by atoms with van der Waals surface area (Å²) in [7, 11) is 1.81. The first kappa shape index (κ1) is 16.6. The number of benzene rings is 1. The quantitative estimate of drug-likeness (QED) is 0.481. The van der Waals surface area contributed by atoms with Crippen molar-refractivity contribution < 1.29 is 0 Å². The molecule has 1 fully saturated rings. The average molecular weight is 300 g/mol. The van der Waals surface area contributed by atoms with Crippen molar-refractivity contribution in [1.82, 2.24) is 15.5 Å². The summed E-state index contributed by atoms with van der Waals surface area (Å²) >= 11 is 0. The van der Waals surface area contributed by atoms with Gasteiger partial charge in [0.1, 0.15) is 0 Å². The Morgan fingerprint density at radius 2 is 2.14 bits per heavy atom. The third-order valence-corrected chi connectivity index (χ3v) is 4.12. The van der Waals surface area contributed by atoms with Gasteiger partial charge >= 0.3 is 0 Å². The first-order valence-electron chi connectivity index (χ1n) is 8.17. The zero-order valence-corrected chi connectivity index (χ0v) is 13.6. The molecule has 0 saturated carbocycles. The SMILES string of the molecule is C=CCNC(=NC)NCC1CCCCN1Cc1ccccc1. The maximum Gasteiger partial charge on any atom is 0.191 e. The van der Waals surface area contributed by atoms with Crippen molar-refractivity contribution >= 4 is 5.96 Å². The highest BCUT2D eigenvalue weighted by molar-refractivity contribution is 5.79. The van der Waals surface area contributed by atoms with E-state index < -0.39 is 0 Å². The maximum atomic E-state index is 4.25. The molecule has 22 heavy (non-hydrogen) atoms. The van der Waals surface area contributed by atoms with Crippen LogP contribution in [0.15, 0.2) is 48.0 Å². The van der Waals surface area contributed by atoms with E-state index in [9.17, 15) is 0 Å². The summed E-state index contributed by atoms with van der Waals surface area (Å²) < 4.78 is 0. The van der Waals surface area contributed by atoms with Gasteiger partial charge in [0.05, 0.1) is 0 Å². The number of nitrogens with one attached hydrogen (secondary N) is 2. The second kappa shape index (κ2) is 9.26. The summed E-state index contributed by atoms with van der Waals surface area (Å²) in [6, 6.07) is 11.3. The molecule has 4 nitrogen and oxygen atoms in total. The van der Waals surface area contributed by atoms with Crippen molar-refractivity contribution in [3.63, 3.8) is 0 Å². The molecule has 0 aromatic heterocycles. The number of piperidine rings is 1. The molecule has 1 aromatic rings. The van der Waals surface area contributed by atoms with E-state index in [-0.39, 0.29) is 0 Å². The van der Waals surface area contributed by atoms with Crippen LogP contribution in [0.25, 0.3) is 0 Å². The first-order valence-corrected chi connectivity index (χ1v) is 8.17. The predicted molar refractivity (Wildman–Crippen MR) is 94.1 cm³/mol. The molecule has 1 aromatic carbocycles. The highest BCUT2D eigenvalue weighted by atomic mass is 15.2. The van der Waals surface area contributed by atoms with Gasteiger partial charge in [-0.1, -0.05) is 42.8 Å².